The number of carbonyl (C=O) groups excluding carboxylic acids is 1. The molecule has 40 heavy (non-hydrogen) atoms. The molecule has 2 aliphatic rings. The predicted octanol–water partition coefficient (Wildman–Crippen LogP) is 5.91. The van der Waals surface area contributed by atoms with Gasteiger partial charge in [-0.15, -0.1) is 10.2 Å². The zero-order chi connectivity index (χ0) is 28.0. The van der Waals surface area contributed by atoms with Crippen LogP contribution < -0.4 is 10.2 Å². The number of nitriles is 1. The highest BCUT2D eigenvalue weighted by Crippen LogP contribution is 2.40. The van der Waals surface area contributed by atoms with Crippen molar-refractivity contribution in [2.45, 2.75) is 39.3 Å². The van der Waals surface area contributed by atoms with Crippen molar-refractivity contribution in [3.05, 3.63) is 82.9 Å². The minimum atomic E-state index is -0.540. The lowest BCUT2D eigenvalue weighted by molar-refractivity contribution is 0.0552. The Balaban J connectivity index is 1.29. The molecular weight excluding hydrogens is 526 g/mol. The van der Waals surface area contributed by atoms with E-state index in [0.717, 1.165) is 52.3 Å². The smallest absolute Gasteiger partial charge is 0.411 e. The van der Waals surface area contributed by atoms with E-state index in [1.165, 1.54) is 0 Å². The Labute approximate surface area is 237 Å². The zero-order valence-electron chi connectivity index (χ0n) is 22.5. The van der Waals surface area contributed by atoms with Crippen LogP contribution in [-0.2, 0) is 11.3 Å². The van der Waals surface area contributed by atoms with Crippen molar-refractivity contribution in [2.24, 2.45) is 0 Å². The van der Waals surface area contributed by atoms with Crippen LogP contribution in [0.3, 0.4) is 0 Å². The fraction of sp³-hybridized carbons (Fsp3) is 0.267. The maximum atomic E-state index is 12.1. The number of rotatable bonds is 3. The van der Waals surface area contributed by atoms with E-state index in [2.05, 4.69) is 49.2 Å². The van der Waals surface area contributed by atoms with Crippen molar-refractivity contribution >= 4 is 23.4 Å². The molecule has 4 heterocycles. The highest BCUT2D eigenvalue weighted by molar-refractivity contribution is 6.32. The molecule has 1 N–H and O–H groups in total. The Hall–Kier alpha value is -4.55. The molecule has 1 fully saturated rings. The first-order chi connectivity index (χ1) is 19.2. The molecule has 1 amide bonds. The van der Waals surface area contributed by atoms with Gasteiger partial charge >= 0.3 is 6.09 Å². The Bertz CT molecular complexity index is 1690. The molecule has 2 aliphatic heterocycles. The predicted molar refractivity (Wildman–Crippen MR) is 153 cm³/mol. The minimum Gasteiger partial charge on any atom is -0.444 e. The number of nitrogens with zero attached hydrogens (tertiary/aromatic N) is 6. The molecular formula is C30H28ClN7O2. The molecule has 6 rings (SSSR count). The first-order valence-electron chi connectivity index (χ1n) is 13.1. The number of hydrogen-bond donors (Lipinski definition) is 1. The summed E-state index contributed by atoms with van der Waals surface area (Å²) in [5, 5.41) is 21.2. The van der Waals surface area contributed by atoms with E-state index < -0.39 is 11.7 Å². The quantitative estimate of drug-likeness (QED) is 0.298. The zero-order valence-corrected chi connectivity index (χ0v) is 23.2. The SMILES string of the molecule is CC(C)(C)OC(=O)N/C=C1\CCN(c2ccc3c(c2)Cn2c(cc(-c4ccc(C#N)cc4)c2Cl)-c2nncn2-3)C1. The van der Waals surface area contributed by atoms with Crippen LogP contribution in [-0.4, -0.2) is 44.1 Å². The number of anilines is 1. The van der Waals surface area contributed by atoms with Crippen LogP contribution in [0.2, 0.25) is 5.15 Å². The van der Waals surface area contributed by atoms with Gasteiger partial charge in [0.05, 0.1) is 29.6 Å². The molecule has 0 spiro atoms. The van der Waals surface area contributed by atoms with Gasteiger partial charge in [-0.1, -0.05) is 23.7 Å². The average Bonchev–Trinajstić information content (AvgIpc) is 3.65. The number of hydrogen-bond acceptors (Lipinski definition) is 6. The van der Waals surface area contributed by atoms with Gasteiger partial charge in [0.25, 0.3) is 0 Å². The van der Waals surface area contributed by atoms with Crippen LogP contribution in [0.25, 0.3) is 28.3 Å². The monoisotopic (exact) mass is 553 g/mol. The van der Waals surface area contributed by atoms with E-state index >= 15 is 0 Å². The van der Waals surface area contributed by atoms with Gasteiger partial charge < -0.3 is 14.2 Å². The molecule has 4 aromatic rings. The fourth-order valence-corrected chi connectivity index (χ4v) is 5.48. The summed E-state index contributed by atoms with van der Waals surface area (Å²) in [6.45, 7) is 7.65. The first-order valence-corrected chi connectivity index (χ1v) is 13.4. The Morgan fingerprint density at radius 2 is 1.95 bits per heavy atom. The first kappa shape index (κ1) is 25.7. The number of benzene rings is 2. The summed E-state index contributed by atoms with van der Waals surface area (Å²) in [4.78, 5) is 14.4. The van der Waals surface area contributed by atoms with E-state index in [1.54, 1.807) is 24.7 Å². The normalized spacial score (nSPS) is 15.2. The highest BCUT2D eigenvalue weighted by atomic mass is 35.5. The molecule has 202 valence electrons. The van der Waals surface area contributed by atoms with Crippen LogP contribution in [0.4, 0.5) is 10.5 Å². The second kappa shape index (κ2) is 9.88. The molecule has 9 nitrogen and oxygen atoms in total. The molecule has 2 aromatic heterocycles. The Morgan fingerprint density at radius 3 is 2.70 bits per heavy atom. The molecule has 0 aliphatic carbocycles. The van der Waals surface area contributed by atoms with Crippen LogP contribution in [0.5, 0.6) is 0 Å². The molecule has 10 heteroatoms. The largest absolute Gasteiger partial charge is 0.444 e. The van der Waals surface area contributed by atoms with Gasteiger partial charge in [-0.2, -0.15) is 5.26 Å². The molecule has 0 saturated carbocycles. The summed E-state index contributed by atoms with van der Waals surface area (Å²) in [5.74, 6) is 0.716. The molecule has 0 bridgehead atoms. The minimum absolute atomic E-state index is 0.451. The van der Waals surface area contributed by atoms with Gasteiger partial charge in [-0.3, -0.25) is 9.88 Å². The topological polar surface area (TPSA) is 101 Å². The van der Waals surface area contributed by atoms with E-state index in [9.17, 15) is 10.1 Å². The summed E-state index contributed by atoms with van der Waals surface area (Å²) < 4.78 is 9.39. The van der Waals surface area contributed by atoms with Gasteiger partial charge in [-0.05, 0) is 80.3 Å². The summed E-state index contributed by atoms with van der Waals surface area (Å²) in [6.07, 6.45) is 3.89. The third kappa shape index (κ3) is 4.82. The highest BCUT2D eigenvalue weighted by Gasteiger charge is 2.27. The van der Waals surface area contributed by atoms with Crippen LogP contribution in [0.1, 0.15) is 38.3 Å². The number of carbonyl (C=O) groups is 1. The third-order valence-corrected chi connectivity index (χ3v) is 7.45. The summed E-state index contributed by atoms with van der Waals surface area (Å²) in [7, 11) is 0. The fourth-order valence-electron chi connectivity index (χ4n) is 5.17. The summed E-state index contributed by atoms with van der Waals surface area (Å²) >= 11 is 6.99. The Kier molecular flexibility index (Phi) is 6.35. The number of ether oxygens (including phenoxy) is 1. The molecule has 2 aromatic carbocycles. The number of nitrogens with one attached hydrogen (secondary N) is 1. The lowest BCUT2D eigenvalue weighted by Crippen LogP contribution is -2.30. The number of fused-ring (bicyclic) bond motifs is 5. The number of halogens is 1. The molecule has 0 radical (unpaired) electrons. The van der Waals surface area contributed by atoms with Crippen molar-refractivity contribution in [3.8, 4) is 34.4 Å². The van der Waals surface area contributed by atoms with Crippen molar-refractivity contribution in [1.82, 2.24) is 24.6 Å². The lowest BCUT2D eigenvalue weighted by Gasteiger charge is -2.20. The van der Waals surface area contributed by atoms with E-state index in [1.807, 2.05) is 43.5 Å². The van der Waals surface area contributed by atoms with Crippen molar-refractivity contribution in [1.29, 1.82) is 5.26 Å². The van der Waals surface area contributed by atoms with Gasteiger partial charge in [0.2, 0.25) is 0 Å². The van der Waals surface area contributed by atoms with Crippen LogP contribution in [0, 0.1) is 11.3 Å². The standard InChI is InChI=1S/C30H28ClN7O2/c1-30(2,3)40-29(39)33-15-20-10-11-36(16-20)23-8-9-25-22(12-23)17-37-26(28-35-34-18-38(25)28)13-24(27(37)31)21-6-4-19(14-32)5-7-21/h4-9,12-13,15,18H,10-11,16-17H2,1-3H3,(H,33,39)/b20-15+. The van der Waals surface area contributed by atoms with E-state index in [4.69, 9.17) is 16.3 Å². The van der Waals surface area contributed by atoms with E-state index in [-0.39, 0.29) is 0 Å². The van der Waals surface area contributed by atoms with Gasteiger partial charge in [0.1, 0.15) is 17.1 Å². The second-order valence-electron chi connectivity index (χ2n) is 11.0. The third-order valence-electron chi connectivity index (χ3n) is 7.04. The maximum absolute atomic E-state index is 12.1. The van der Waals surface area contributed by atoms with Crippen LogP contribution >= 0.6 is 11.6 Å². The molecule has 0 atom stereocenters. The maximum Gasteiger partial charge on any atom is 0.411 e. The molecule has 1 saturated heterocycles. The Morgan fingerprint density at radius 1 is 1.15 bits per heavy atom. The lowest BCUT2D eigenvalue weighted by atomic mass is 10.1. The van der Waals surface area contributed by atoms with Gasteiger partial charge in [0, 0.05) is 30.5 Å². The van der Waals surface area contributed by atoms with Crippen molar-refractivity contribution in [2.75, 3.05) is 18.0 Å². The van der Waals surface area contributed by atoms with Crippen molar-refractivity contribution in [3.63, 3.8) is 0 Å². The van der Waals surface area contributed by atoms with Crippen molar-refractivity contribution < 1.29 is 9.53 Å². The summed E-state index contributed by atoms with van der Waals surface area (Å²) in [5.41, 5.74) is 7.06. The second-order valence-corrected chi connectivity index (χ2v) is 11.3. The van der Waals surface area contributed by atoms with Gasteiger partial charge in [0.15, 0.2) is 5.82 Å². The number of alkyl carbamates (subject to hydrolysis) is 1. The summed E-state index contributed by atoms with van der Waals surface area (Å²) in [6, 6.07) is 18.0. The molecule has 0 unspecified atom stereocenters. The van der Waals surface area contributed by atoms with E-state index in [0.29, 0.717) is 29.6 Å². The van der Waals surface area contributed by atoms with Crippen LogP contribution in [0.15, 0.2) is 66.6 Å². The number of aromatic nitrogens is 4. The number of amides is 1. The van der Waals surface area contributed by atoms with Gasteiger partial charge in [-0.25, -0.2) is 4.79 Å². The average molecular weight is 554 g/mol.